The Morgan fingerprint density at radius 1 is 1.29 bits per heavy atom. The van der Waals surface area contributed by atoms with Crippen molar-refractivity contribution in [2.75, 3.05) is 6.61 Å². The highest BCUT2D eigenvalue weighted by atomic mass is 28.3. The zero-order valence-corrected chi connectivity index (χ0v) is 18.2. The molecule has 0 spiro atoms. The maximum atomic E-state index is 10.3. The van der Waals surface area contributed by atoms with Crippen LogP contribution < -0.4 is 0 Å². The summed E-state index contributed by atoms with van der Waals surface area (Å²) in [6, 6.07) is 7.19. The van der Waals surface area contributed by atoms with E-state index in [-0.39, 0.29) is 0 Å². The van der Waals surface area contributed by atoms with Crippen molar-refractivity contribution in [1.29, 1.82) is 0 Å². The van der Waals surface area contributed by atoms with Gasteiger partial charge in [0.15, 0.2) is 0 Å². The summed E-state index contributed by atoms with van der Waals surface area (Å²) < 4.78 is 9.95. The van der Waals surface area contributed by atoms with Gasteiger partial charge in [0, 0.05) is 39.5 Å². The first-order valence-electron chi connectivity index (χ1n) is 9.64. The molecule has 0 aliphatic heterocycles. The molecule has 3 rings (SSSR count). The molecule has 3 heterocycles. The summed E-state index contributed by atoms with van der Waals surface area (Å²) in [7, 11) is 0.790. The summed E-state index contributed by atoms with van der Waals surface area (Å²) in [6.07, 6.45) is 5.15. The lowest BCUT2D eigenvalue weighted by atomic mass is 10.1. The zero-order valence-electron chi connectivity index (χ0n) is 17.2. The van der Waals surface area contributed by atoms with E-state index in [1.165, 1.54) is 0 Å². The van der Waals surface area contributed by atoms with Crippen molar-refractivity contribution in [3.8, 4) is 11.4 Å². The highest BCUT2D eigenvalue weighted by Crippen LogP contribution is 2.29. The minimum atomic E-state index is -1.14. The molecular weight excluding hydrogens is 368 g/mol. The lowest BCUT2D eigenvalue weighted by molar-refractivity contribution is 0.0908. The van der Waals surface area contributed by atoms with Gasteiger partial charge in [-0.1, -0.05) is 25.7 Å². The second-order valence-corrected chi connectivity index (χ2v) is 14.0. The van der Waals surface area contributed by atoms with E-state index in [2.05, 4.69) is 46.9 Å². The molecule has 1 atom stereocenters. The van der Waals surface area contributed by atoms with Gasteiger partial charge in [0.1, 0.15) is 12.4 Å². The Labute approximate surface area is 167 Å². The molecule has 7 heteroatoms. The fourth-order valence-corrected chi connectivity index (χ4v) is 3.90. The molecule has 150 valence electrons. The third-order valence-corrected chi connectivity index (χ3v) is 6.53. The Balaban J connectivity index is 1.96. The number of rotatable bonds is 9. The van der Waals surface area contributed by atoms with Crippen LogP contribution in [0.25, 0.3) is 22.4 Å². The third kappa shape index (κ3) is 4.60. The maximum absolute atomic E-state index is 10.3. The van der Waals surface area contributed by atoms with Crippen molar-refractivity contribution in [3.05, 3.63) is 48.8 Å². The van der Waals surface area contributed by atoms with Gasteiger partial charge in [0.25, 0.3) is 0 Å². The molecular formula is C21H30N4O2Si. The molecule has 3 aromatic heterocycles. The van der Waals surface area contributed by atoms with E-state index in [9.17, 15) is 5.11 Å². The summed E-state index contributed by atoms with van der Waals surface area (Å²) in [5.41, 5.74) is 3.64. The van der Waals surface area contributed by atoms with Crippen LogP contribution in [0.2, 0.25) is 25.7 Å². The van der Waals surface area contributed by atoms with Crippen molar-refractivity contribution in [2.24, 2.45) is 7.05 Å². The van der Waals surface area contributed by atoms with E-state index in [4.69, 9.17) is 4.74 Å². The number of aliphatic hydroxyl groups is 1. The lowest BCUT2D eigenvalue weighted by Crippen LogP contribution is -2.22. The molecule has 0 amide bonds. The second-order valence-electron chi connectivity index (χ2n) is 8.37. The van der Waals surface area contributed by atoms with Crippen molar-refractivity contribution >= 4 is 19.1 Å². The molecule has 0 saturated carbocycles. The van der Waals surface area contributed by atoms with Crippen molar-refractivity contribution in [3.63, 3.8) is 0 Å². The fraction of sp³-hybridized carbons (Fsp3) is 0.429. The standard InChI is InChI=1S/C21H30N4O2Si/c1-6-7-20(26)17-12-16-13-19(18-8-9-23-24(18)2)25(21(16)22-14-17)15-27-10-11-28(3,4)5/h6,8-9,12-14,20,26H,1,7,10-11,15H2,2-5H3. The third-order valence-electron chi connectivity index (χ3n) is 4.83. The summed E-state index contributed by atoms with van der Waals surface area (Å²) in [5, 5.41) is 15.6. The van der Waals surface area contributed by atoms with Crippen LogP contribution in [0.15, 0.2) is 43.2 Å². The number of aryl methyl sites for hydroxylation is 1. The molecule has 6 nitrogen and oxygen atoms in total. The first-order chi connectivity index (χ1) is 13.3. The summed E-state index contributed by atoms with van der Waals surface area (Å²) in [5.74, 6) is 0. The fourth-order valence-electron chi connectivity index (χ4n) is 3.14. The molecule has 0 fully saturated rings. The van der Waals surface area contributed by atoms with Crippen LogP contribution in [0.1, 0.15) is 18.1 Å². The van der Waals surface area contributed by atoms with Crippen LogP contribution in [-0.2, 0) is 18.5 Å². The number of ether oxygens (including phenoxy) is 1. The summed E-state index contributed by atoms with van der Waals surface area (Å²) in [4.78, 5) is 4.64. The second kappa shape index (κ2) is 8.42. The average molecular weight is 399 g/mol. The maximum Gasteiger partial charge on any atom is 0.142 e. The van der Waals surface area contributed by atoms with Gasteiger partial charge in [-0.15, -0.1) is 6.58 Å². The quantitative estimate of drug-likeness (QED) is 0.330. The van der Waals surface area contributed by atoms with Gasteiger partial charge in [0.2, 0.25) is 0 Å². The van der Waals surface area contributed by atoms with E-state index in [1.54, 1.807) is 18.5 Å². The van der Waals surface area contributed by atoms with Crippen molar-refractivity contribution < 1.29 is 9.84 Å². The van der Waals surface area contributed by atoms with Crippen LogP contribution in [0.3, 0.4) is 0 Å². The molecule has 0 radical (unpaired) electrons. The highest BCUT2D eigenvalue weighted by Gasteiger charge is 2.17. The number of nitrogens with zero attached hydrogens (tertiary/aromatic N) is 4. The van der Waals surface area contributed by atoms with E-state index in [0.29, 0.717) is 13.2 Å². The smallest absolute Gasteiger partial charge is 0.142 e. The molecule has 28 heavy (non-hydrogen) atoms. The topological polar surface area (TPSA) is 65.1 Å². The Morgan fingerprint density at radius 3 is 2.71 bits per heavy atom. The molecule has 0 aliphatic rings. The van der Waals surface area contributed by atoms with Gasteiger partial charge in [0.05, 0.1) is 17.5 Å². The number of hydrogen-bond donors (Lipinski definition) is 1. The normalized spacial score (nSPS) is 13.2. The largest absolute Gasteiger partial charge is 0.388 e. The monoisotopic (exact) mass is 398 g/mol. The molecule has 0 bridgehead atoms. The van der Waals surface area contributed by atoms with Crippen LogP contribution in [0, 0.1) is 0 Å². The van der Waals surface area contributed by atoms with E-state index < -0.39 is 14.2 Å². The molecule has 0 aromatic carbocycles. The van der Waals surface area contributed by atoms with Crippen LogP contribution in [0.4, 0.5) is 0 Å². The number of fused-ring (bicyclic) bond motifs is 1. The zero-order chi connectivity index (χ0) is 20.3. The van der Waals surface area contributed by atoms with Gasteiger partial charge >= 0.3 is 0 Å². The van der Waals surface area contributed by atoms with Crippen molar-refractivity contribution in [1.82, 2.24) is 19.3 Å². The minimum absolute atomic E-state index is 0.441. The Bertz CT molecular complexity index is 955. The SMILES string of the molecule is C=CCC(O)c1cnc2c(c1)cc(-c1ccnn1C)n2COCC[Si](C)(C)C. The van der Waals surface area contributed by atoms with Crippen LogP contribution in [-0.4, -0.2) is 39.1 Å². The number of aromatic nitrogens is 4. The minimum Gasteiger partial charge on any atom is -0.388 e. The van der Waals surface area contributed by atoms with Gasteiger partial charge in [-0.05, 0) is 36.2 Å². The summed E-state index contributed by atoms with van der Waals surface area (Å²) in [6.45, 7) is 11.9. The van der Waals surface area contributed by atoms with E-state index in [1.807, 2.05) is 23.9 Å². The molecule has 3 aromatic rings. The predicted octanol–water partition coefficient (Wildman–Crippen LogP) is 4.36. The van der Waals surface area contributed by atoms with Crippen molar-refractivity contribution in [2.45, 2.75) is 44.9 Å². The highest BCUT2D eigenvalue weighted by molar-refractivity contribution is 6.76. The first-order valence-corrected chi connectivity index (χ1v) is 13.3. The number of aliphatic hydroxyl groups excluding tert-OH is 1. The van der Waals surface area contributed by atoms with Gasteiger partial charge in [-0.3, -0.25) is 9.25 Å². The van der Waals surface area contributed by atoms with Gasteiger partial charge in [-0.2, -0.15) is 5.10 Å². The first kappa shape index (κ1) is 20.5. The predicted molar refractivity (Wildman–Crippen MR) is 116 cm³/mol. The van der Waals surface area contributed by atoms with E-state index >= 15 is 0 Å². The van der Waals surface area contributed by atoms with E-state index in [0.717, 1.165) is 40.6 Å². The molecule has 1 N–H and O–H groups in total. The molecule has 0 saturated heterocycles. The Hall–Kier alpha value is -2.22. The molecule has 1 unspecified atom stereocenters. The van der Waals surface area contributed by atoms with Crippen LogP contribution in [0.5, 0.6) is 0 Å². The number of hydrogen-bond acceptors (Lipinski definition) is 4. The molecule has 0 aliphatic carbocycles. The summed E-state index contributed by atoms with van der Waals surface area (Å²) >= 11 is 0. The average Bonchev–Trinajstić information content (AvgIpc) is 3.20. The lowest BCUT2D eigenvalue weighted by Gasteiger charge is -2.16. The van der Waals surface area contributed by atoms with Gasteiger partial charge < -0.3 is 9.84 Å². The van der Waals surface area contributed by atoms with Gasteiger partial charge in [-0.25, -0.2) is 4.98 Å². The Kier molecular flexibility index (Phi) is 6.17. The Morgan fingerprint density at radius 2 is 2.07 bits per heavy atom. The number of pyridine rings is 1. The van der Waals surface area contributed by atoms with Crippen LogP contribution >= 0.6 is 0 Å².